The highest BCUT2D eigenvalue weighted by molar-refractivity contribution is 5.83. The van der Waals surface area contributed by atoms with E-state index in [-0.39, 0.29) is 0 Å². The van der Waals surface area contributed by atoms with Gasteiger partial charge in [0.15, 0.2) is 0 Å². The van der Waals surface area contributed by atoms with Gasteiger partial charge in [0.05, 0.1) is 22.8 Å². The molecule has 0 aliphatic heterocycles. The quantitative estimate of drug-likeness (QED) is 0.601. The third kappa shape index (κ3) is 4.66. The van der Waals surface area contributed by atoms with Crippen molar-refractivity contribution in [2.45, 2.75) is 32.9 Å². The summed E-state index contributed by atoms with van der Waals surface area (Å²) >= 11 is 0. The molecule has 0 unspecified atom stereocenters. The molecule has 1 heterocycles. The van der Waals surface area contributed by atoms with Gasteiger partial charge in [0.25, 0.3) is 0 Å². The SMILES string of the molecule is CCCCN(C)Cc1nn(C)c2ccc(OCc3ccc(C#N)cc3)cc12. The number of hydrogen-bond donors (Lipinski definition) is 0. The maximum absolute atomic E-state index is 8.88. The zero-order valence-electron chi connectivity index (χ0n) is 16.3. The van der Waals surface area contributed by atoms with Crippen molar-refractivity contribution in [1.29, 1.82) is 5.26 Å². The van der Waals surface area contributed by atoms with E-state index in [0.29, 0.717) is 12.2 Å². The van der Waals surface area contributed by atoms with Crippen molar-refractivity contribution in [3.63, 3.8) is 0 Å². The summed E-state index contributed by atoms with van der Waals surface area (Å²) in [5, 5.41) is 14.7. The van der Waals surface area contributed by atoms with Gasteiger partial charge in [0.1, 0.15) is 12.4 Å². The Hall–Kier alpha value is -2.84. The van der Waals surface area contributed by atoms with E-state index >= 15 is 0 Å². The monoisotopic (exact) mass is 362 g/mol. The van der Waals surface area contributed by atoms with Crippen LogP contribution in [0.5, 0.6) is 5.75 Å². The summed E-state index contributed by atoms with van der Waals surface area (Å²) in [4.78, 5) is 2.32. The molecular formula is C22H26N4O. The molecule has 0 atom stereocenters. The second kappa shape index (κ2) is 8.70. The van der Waals surface area contributed by atoms with Crippen LogP contribution in [-0.4, -0.2) is 28.3 Å². The molecular weight excluding hydrogens is 336 g/mol. The normalized spacial score (nSPS) is 11.1. The fourth-order valence-electron chi connectivity index (χ4n) is 3.13. The summed E-state index contributed by atoms with van der Waals surface area (Å²) in [5.74, 6) is 0.831. The number of rotatable bonds is 8. The van der Waals surface area contributed by atoms with Crippen molar-refractivity contribution < 1.29 is 4.74 Å². The molecule has 5 nitrogen and oxygen atoms in total. The maximum Gasteiger partial charge on any atom is 0.120 e. The lowest BCUT2D eigenvalue weighted by Gasteiger charge is -2.14. The van der Waals surface area contributed by atoms with Crippen LogP contribution in [0.4, 0.5) is 0 Å². The molecule has 3 aromatic rings. The predicted octanol–water partition coefficient (Wildman–Crippen LogP) is 4.26. The molecule has 5 heteroatoms. The summed E-state index contributed by atoms with van der Waals surface area (Å²) in [6.45, 7) is 4.59. The van der Waals surface area contributed by atoms with Gasteiger partial charge >= 0.3 is 0 Å². The van der Waals surface area contributed by atoms with Gasteiger partial charge < -0.3 is 9.64 Å². The first kappa shape index (κ1) is 18.9. The molecule has 3 rings (SSSR count). The van der Waals surface area contributed by atoms with Crippen LogP contribution in [-0.2, 0) is 20.2 Å². The topological polar surface area (TPSA) is 54.1 Å². The molecule has 0 N–H and O–H groups in total. The van der Waals surface area contributed by atoms with Crippen LogP contribution in [0.3, 0.4) is 0 Å². The summed E-state index contributed by atoms with van der Waals surface area (Å²) in [6, 6.07) is 15.7. The average molecular weight is 362 g/mol. The van der Waals surface area contributed by atoms with E-state index in [4.69, 9.17) is 15.1 Å². The molecule has 2 aromatic carbocycles. The smallest absolute Gasteiger partial charge is 0.120 e. The molecule has 0 aliphatic rings. The largest absolute Gasteiger partial charge is 0.489 e. The number of hydrogen-bond acceptors (Lipinski definition) is 4. The molecule has 0 bridgehead atoms. The molecule has 0 fully saturated rings. The lowest BCUT2D eigenvalue weighted by molar-refractivity contribution is 0.306. The number of fused-ring (bicyclic) bond motifs is 1. The van der Waals surface area contributed by atoms with E-state index < -0.39 is 0 Å². The zero-order valence-corrected chi connectivity index (χ0v) is 16.3. The van der Waals surface area contributed by atoms with E-state index in [0.717, 1.165) is 41.0 Å². The number of aryl methyl sites for hydroxylation is 1. The van der Waals surface area contributed by atoms with Gasteiger partial charge in [0, 0.05) is 19.0 Å². The number of nitrogens with zero attached hydrogens (tertiary/aromatic N) is 4. The second-order valence-corrected chi connectivity index (χ2v) is 6.94. The van der Waals surface area contributed by atoms with E-state index in [2.05, 4.69) is 37.1 Å². The van der Waals surface area contributed by atoms with Gasteiger partial charge in [-0.15, -0.1) is 0 Å². The van der Waals surface area contributed by atoms with Crippen LogP contribution in [0.1, 0.15) is 36.6 Å². The molecule has 140 valence electrons. The molecule has 0 amide bonds. The highest BCUT2D eigenvalue weighted by Crippen LogP contribution is 2.25. The lowest BCUT2D eigenvalue weighted by Crippen LogP contribution is -2.19. The minimum atomic E-state index is 0.475. The fourth-order valence-corrected chi connectivity index (χ4v) is 3.13. The van der Waals surface area contributed by atoms with Crippen LogP contribution < -0.4 is 4.74 Å². The second-order valence-electron chi connectivity index (χ2n) is 6.94. The van der Waals surface area contributed by atoms with Gasteiger partial charge in [-0.05, 0) is 55.9 Å². The van der Waals surface area contributed by atoms with Crippen LogP contribution in [0.25, 0.3) is 10.9 Å². The first-order valence-corrected chi connectivity index (χ1v) is 9.36. The lowest BCUT2D eigenvalue weighted by atomic mass is 10.1. The Balaban J connectivity index is 1.74. The highest BCUT2D eigenvalue weighted by atomic mass is 16.5. The van der Waals surface area contributed by atoms with Crippen molar-refractivity contribution in [3.05, 3.63) is 59.3 Å². The Morgan fingerprint density at radius 2 is 1.96 bits per heavy atom. The van der Waals surface area contributed by atoms with Crippen LogP contribution >= 0.6 is 0 Å². The van der Waals surface area contributed by atoms with Crippen molar-refractivity contribution in [2.24, 2.45) is 7.05 Å². The number of benzene rings is 2. The molecule has 27 heavy (non-hydrogen) atoms. The Labute approximate surface area is 160 Å². The number of unbranched alkanes of at least 4 members (excludes halogenated alkanes) is 1. The highest BCUT2D eigenvalue weighted by Gasteiger charge is 2.12. The Kier molecular flexibility index (Phi) is 6.10. The summed E-state index contributed by atoms with van der Waals surface area (Å²) in [6.07, 6.45) is 2.39. The van der Waals surface area contributed by atoms with E-state index in [1.165, 1.54) is 12.8 Å². The molecule has 0 saturated heterocycles. The number of nitriles is 1. The first-order chi connectivity index (χ1) is 13.1. The zero-order chi connectivity index (χ0) is 19.2. The van der Waals surface area contributed by atoms with Crippen molar-refractivity contribution in [2.75, 3.05) is 13.6 Å². The molecule has 0 aliphatic carbocycles. The minimum absolute atomic E-state index is 0.475. The first-order valence-electron chi connectivity index (χ1n) is 9.36. The minimum Gasteiger partial charge on any atom is -0.489 e. The summed E-state index contributed by atoms with van der Waals surface area (Å²) in [5.41, 5.74) is 3.89. The van der Waals surface area contributed by atoms with E-state index in [1.54, 1.807) is 0 Å². The Morgan fingerprint density at radius 3 is 2.67 bits per heavy atom. The molecule has 1 aromatic heterocycles. The van der Waals surface area contributed by atoms with E-state index in [9.17, 15) is 0 Å². The van der Waals surface area contributed by atoms with Gasteiger partial charge in [-0.25, -0.2) is 0 Å². The van der Waals surface area contributed by atoms with Crippen LogP contribution in [0.2, 0.25) is 0 Å². The van der Waals surface area contributed by atoms with Crippen LogP contribution in [0.15, 0.2) is 42.5 Å². The summed E-state index contributed by atoms with van der Waals surface area (Å²) < 4.78 is 7.91. The van der Waals surface area contributed by atoms with Crippen molar-refractivity contribution in [1.82, 2.24) is 14.7 Å². The Bertz CT molecular complexity index is 937. The predicted molar refractivity (Wildman–Crippen MR) is 107 cm³/mol. The third-order valence-electron chi connectivity index (χ3n) is 4.70. The fraction of sp³-hybridized carbons (Fsp3) is 0.364. The van der Waals surface area contributed by atoms with Crippen molar-refractivity contribution >= 4 is 10.9 Å². The van der Waals surface area contributed by atoms with Gasteiger partial charge in [-0.2, -0.15) is 10.4 Å². The third-order valence-corrected chi connectivity index (χ3v) is 4.70. The van der Waals surface area contributed by atoms with E-state index in [1.807, 2.05) is 42.1 Å². The number of ether oxygens (including phenoxy) is 1. The number of aromatic nitrogens is 2. The van der Waals surface area contributed by atoms with Gasteiger partial charge in [-0.3, -0.25) is 4.68 Å². The standard InChI is InChI=1S/C22H26N4O/c1-4-5-12-25(2)15-21-20-13-19(10-11-22(20)26(3)24-21)27-16-18-8-6-17(14-23)7-9-18/h6-11,13H,4-5,12,15-16H2,1-3H3. The van der Waals surface area contributed by atoms with Crippen LogP contribution in [0, 0.1) is 11.3 Å². The van der Waals surface area contributed by atoms with Gasteiger partial charge in [-0.1, -0.05) is 25.5 Å². The van der Waals surface area contributed by atoms with Gasteiger partial charge in [0.2, 0.25) is 0 Å². The Morgan fingerprint density at radius 1 is 1.19 bits per heavy atom. The summed E-state index contributed by atoms with van der Waals surface area (Å²) in [7, 11) is 4.12. The average Bonchev–Trinajstić information content (AvgIpc) is 3.00. The molecule has 0 saturated carbocycles. The molecule has 0 spiro atoms. The molecule has 0 radical (unpaired) electrons. The van der Waals surface area contributed by atoms with Crippen molar-refractivity contribution in [3.8, 4) is 11.8 Å². The maximum atomic E-state index is 8.88.